The number of rotatable bonds is 7. The lowest BCUT2D eigenvalue weighted by Crippen LogP contribution is -2.23. The van der Waals surface area contributed by atoms with Gasteiger partial charge < -0.3 is 19.1 Å². The van der Waals surface area contributed by atoms with Crippen LogP contribution in [0.3, 0.4) is 0 Å². The number of carbonyl (C=O) groups is 1. The van der Waals surface area contributed by atoms with Gasteiger partial charge in [-0.15, -0.1) is 0 Å². The van der Waals surface area contributed by atoms with Gasteiger partial charge in [-0.1, -0.05) is 0 Å². The zero-order valence-corrected chi connectivity index (χ0v) is 15.1. The van der Waals surface area contributed by atoms with Gasteiger partial charge in [0.05, 0.1) is 21.3 Å². The van der Waals surface area contributed by atoms with Crippen molar-refractivity contribution in [2.45, 2.75) is 6.54 Å². The van der Waals surface area contributed by atoms with E-state index in [0.29, 0.717) is 23.8 Å². The van der Waals surface area contributed by atoms with Gasteiger partial charge >= 0.3 is 0 Å². The molecule has 24 heavy (non-hydrogen) atoms. The van der Waals surface area contributed by atoms with Crippen LogP contribution in [0.1, 0.15) is 11.1 Å². The van der Waals surface area contributed by atoms with Crippen LogP contribution in [0.2, 0.25) is 0 Å². The van der Waals surface area contributed by atoms with Crippen molar-refractivity contribution in [1.29, 1.82) is 0 Å². The van der Waals surface area contributed by atoms with Crippen LogP contribution in [0.4, 0.5) is 0 Å². The monoisotopic (exact) mass is 347 g/mol. The summed E-state index contributed by atoms with van der Waals surface area (Å²) in [4.78, 5) is 13.9. The van der Waals surface area contributed by atoms with Crippen LogP contribution in [0, 0.1) is 0 Å². The smallest absolute Gasteiger partial charge is 0.246 e. The molecule has 0 aliphatic heterocycles. The van der Waals surface area contributed by atoms with E-state index in [1.54, 1.807) is 62.8 Å². The molecule has 128 valence electrons. The molecule has 0 aliphatic carbocycles. The molecule has 2 rings (SSSR count). The molecule has 1 aromatic heterocycles. The second kappa shape index (κ2) is 8.40. The predicted octanol–water partition coefficient (Wildman–Crippen LogP) is 3.45. The molecule has 0 saturated heterocycles. The fourth-order valence-corrected chi connectivity index (χ4v) is 2.89. The minimum absolute atomic E-state index is 0.0741. The third-order valence-electron chi connectivity index (χ3n) is 3.48. The Labute approximate surface area is 146 Å². The summed E-state index contributed by atoms with van der Waals surface area (Å²) in [5, 5.41) is 4.03. The van der Waals surface area contributed by atoms with E-state index in [1.165, 1.54) is 6.08 Å². The van der Waals surface area contributed by atoms with E-state index in [1.807, 2.05) is 16.8 Å². The molecule has 1 heterocycles. The van der Waals surface area contributed by atoms with Gasteiger partial charge in [0, 0.05) is 19.7 Å². The lowest BCUT2D eigenvalue weighted by molar-refractivity contribution is -0.125. The van der Waals surface area contributed by atoms with Gasteiger partial charge in [-0.25, -0.2) is 0 Å². The molecule has 0 atom stereocenters. The zero-order valence-electron chi connectivity index (χ0n) is 14.2. The molecule has 2 aromatic rings. The number of likely N-dealkylation sites (N-methyl/N-ethyl adjacent to an activating group) is 1. The fourth-order valence-electron chi connectivity index (χ4n) is 2.23. The summed E-state index contributed by atoms with van der Waals surface area (Å²) >= 11 is 1.62. The summed E-state index contributed by atoms with van der Waals surface area (Å²) in [6.07, 6.45) is 3.27. The molecule has 0 N–H and O–H groups in total. The Morgan fingerprint density at radius 1 is 1.17 bits per heavy atom. The SMILES string of the molecule is COc1cc(/C=C/C(=O)N(C)Cc2ccsc2)cc(OC)c1OC. The molecular weight excluding hydrogens is 326 g/mol. The number of hydrogen-bond donors (Lipinski definition) is 0. The van der Waals surface area contributed by atoms with E-state index < -0.39 is 0 Å². The molecule has 6 heteroatoms. The summed E-state index contributed by atoms with van der Waals surface area (Å²) in [7, 11) is 6.45. The quantitative estimate of drug-likeness (QED) is 0.720. The average molecular weight is 347 g/mol. The van der Waals surface area contributed by atoms with Crippen molar-refractivity contribution in [2.75, 3.05) is 28.4 Å². The summed E-state index contributed by atoms with van der Waals surface area (Å²) in [6.45, 7) is 0.585. The van der Waals surface area contributed by atoms with Crippen LogP contribution in [-0.4, -0.2) is 39.2 Å². The van der Waals surface area contributed by atoms with Gasteiger partial charge in [0.2, 0.25) is 11.7 Å². The van der Waals surface area contributed by atoms with Gasteiger partial charge in [0.25, 0.3) is 0 Å². The second-order valence-electron chi connectivity index (χ2n) is 5.12. The number of amides is 1. The third-order valence-corrected chi connectivity index (χ3v) is 4.21. The molecule has 0 spiro atoms. The maximum absolute atomic E-state index is 12.2. The minimum Gasteiger partial charge on any atom is -0.493 e. The van der Waals surface area contributed by atoms with Gasteiger partial charge in [-0.2, -0.15) is 11.3 Å². The molecule has 0 unspecified atom stereocenters. The standard InChI is InChI=1S/C18H21NO4S/c1-19(11-14-7-8-24-12-14)17(20)6-5-13-9-15(21-2)18(23-4)16(10-13)22-3/h5-10,12H,11H2,1-4H3/b6-5+. The van der Waals surface area contributed by atoms with Gasteiger partial charge in [0.1, 0.15) is 0 Å². The summed E-state index contributed by atoms with van der Waals surface area (Å²) < 4.78 is 15.9. The fraction of sp³-hybridized carbons (Fsp3) is 0.278. The first-order valence-corrected chi connectivity index (χ1v) is 8.27. The van der Waals surface area contributed by atoms with E-state index in [9.17, 15) is 4.79 Å². The Bertz CT molecular complexity index is 685. The van der Waals surface area contributed by atoms with Crippen LogP contribution in [-0.2, 0) is 11.3 Å². The first kappa shape index (κ1) is 17.9. The molecule has 5 nitrogen and oxygen atoms in total. The maximum Gasteiger partial charge on any atom is 0.246 e. The number of benzene rings is 1. The summed E-state index contributed by atoms with van der Waals surface area (Å²) in [5.41, 5.74) is 1.92. The van der Waals surface area contributed by atoms with E-state index in [0.717, 1.165) is 11.1 Å². The highest BCUT2D eigenvalue weighted by atomic mass is 32.1. The second-order valence-corrected chi connectivity index (χ2v) is 5.90. The van der Waals surface area contributed by atoms with Crippen molar-refractivity contribution in [3.63, 3.8) is 0 Å². The molecule has 0 saturated carbocycles. The highest BCUT2D eigenvalue weighted by molar-refractivity contribution is 7.07. The number of methoxy groups -OCH3 is 3. The Balaban J connectivity index is 2.14. The average Bonchev–Trinajstić information content (AvgIpc) is 3.11. The van der Waals surface area contributed by atoms with Crippen molar-refractivity contribution in [1.82, 2.24) is 4.90 Å². The van der Waals surface area contributed by atoms with Gasteiger partial charge in [0.15, 0.2) is 11.5 Å². The summed E-state index contributed by atoms with van der Waals surface area (Å²) in [6, 6.07) is 5.60. The molecule has 1 aromatic carbocycles. The van der Waals surface area contributed by atoms with Crippen molar-refractivity contribution in [3.8, 4) is 17.2 Å². The number of thiophene rings is 1. The molecule has 0 fully saturated rings. The van der Waals surface area contributed by atoms with E-state index in [2.05, 4.69) is 0 Å². The van der Waals surface area contributed by atoms with E-state index >= 15 is 0 Å². The third kappa shape index (κ3) is 4.29. The van der Waals surface area contributed by atoms with Crippen LogP contribution in [0.5, 0.6) is 17.2 Å². The molecule has 0 aliphatic rings. The highest BCUT2D eigenvalue weighted by Crippen LogP contribution is 2.38. The van der Waals surface area contributed by atoms with Crippen LogP contribution in [0.15, 0.2) is 35.0 Å². The maximum atomic E-state index is 12.2. The molecule has 0 radical (unpaired) electrons. The number of carbonyl (C=O) groups excluding carboxylic acids is 1. The predicted molar refractivity (Wildman–Crippen MR) is 95.9 cm³/mol. The Morgan fingerprint density at radius 2 is 1.83 bits per heavy atom. The van der Waals surface area contributed by atoms with E-state index in [-0.39, 0.29) is 5.91 Å². The van der Waals surface area contributed by atoms with Gasteiger partial charge in [-0.3, -0.25) is 4.79 Å². The van der Waals surface area contributed by atoms with Crippen molar-refractivity contribution in [3.05, 3.63) is 46.2 Å². The molecule has 1 amide bonds. The van der Waals surface area contributed by atoms with Crippen LogP contribution >= 0.6 is 11.3 Å². The molecule has 0 bridgehead atoms. The number of nitrogens with zero attached hydrogens (tertiary/aromatic N) is 1. The lowest BCUT2D eigenvalue weighted by atomic mass is 10.1. The van der Waals surface area contributed by atoms with Gasteiger partial charge in [-0.05, 0) is 46.2 Å². The summed E-state index contributed by atoms with van der Waals surface area (Å²) in [5.74, 6) is 1.55. The van der Waals surface area contributed by atoms with Crippen LogP contribution in [0.25, 0.3) is 6.08 Å². The van der Waals surface area contributed by atoms with Crippen molar-refractivity contribution >= 4 is 23.3 Å². The van der Waals surface area contributed by atoms with Crippen molar-refractivity contribution < 1.29 is 19.0 Å². The largest absolute Gasteiger partial charge is 0.493 e. The highest BCUT2D eigenvalue weighted by Gasteiger charge is 2.12. The first-order valence-electron chi connectivity index (χ1n) is 7.33. The van der Waals surface area contributed by atoms with E-state index in [4.69, 9.17) is 14.2 Å². The van der Waals surface area contributed by atoms with Crippen LogP contribution < -0.4 is 14.2 Å². The Kier molecular flexibility index (Phi) is 6.26. The first-order chi connectivity index (χ1) is 11.6. The number of ether oxygens (including phenoxy) is 3. The van der Waals surface area contributed by atoms with Crippen molar-refractivity contribution in [2.24, 2.45) is 0 Å². The Hall–Kier alpha value is -2.47. The molecular formula is C18H21NO4S. The zero-order chi connectivity index (χ0) is 17.5. The Morgan fingerprint density at radius 3 is 2.33 bits per heavy atom. The lowest BCUT2D eigenvalue weighted by Gasteiger charge is -2.14. The minimum atomic E-state index is -0.0741. The topological polar surface area (TPSA) is 48.0 Å². The normalized spacial score (nSPS) is 10.7. The number of hydrogen-bond acceptors (Lipinski definition) is 5.